The second-order valence-electron chi connectivity index (χ2n) is 6.30. The Hall–Kier alpha value is -3.39. The number of aromatic amines is 1. The molecule has 0 aliphatic heterocycles. The van der Waals surface area contributed by atoms with E-state index in [-0.39, 0.29) is 5.78 Å². The maximum Gasteiger partial charge on any atom is 0.195 e. The number of ketones is 1. The van der Waals surface area contributed by atoms with E-state index in [9.17, 15) is 4.79 Å². The predicted molar refractivity (Wildman–Crippen MR) is 106 cm³/mol. The number of hydrogen-bond donors (Lipinski definition) is 1. The first kappa shape index (κ1) is 16.1. The summed E-state index contributed by atoms with van der Waals surface area (Å²) in [4.78, 5) is 16.7. The average Bonchev–Trinajstić information content (AvgIpc) is 3.06. The molecule has 26 heavy (non-hydrogen) atoms. The first-order valence-corrected chi connectivity index (χ1v) is 8.69. The van der Waals surface area contributed by atoms with Gasteiger partial charge in [0.25, 0.3) is 0 Å². The summed E-state index contributed by atoms with van der Waals surface area (Å²) in [6.07, 6.45) is 0. The van der Waals surface area contributed by atoms with Crippen LogP contribution in [0.4, 0.5) is 0 Å². The highest BCUT2D eigenvalue weighted by molar-refractivity contribution is 6.15. The number of nitrogens with one attached hydrogen (secondary N) is 1. The molecule has 0 radical (unpaired) electrons. The van der Waals surface area contributed by atoms with Crippen LogP contribution in [0.25, 0.3) is 22.4 Å². The molecule has 0 aliphatic rings. The molecule has 1 N–H and O–H groups in total. The number of aromatic nitrogens is 1. The molecule has 0 amide bonds. The van der Waals surface area contributed by atoms with Gasteiger partial charge >= 0.3 is 0 Å². The van der Waals surface area contributed by atoms with Gasteiger partial charge in [-0.2, -0.15) is 0 Å². The largest absolute Gasteiger partial charge is 0.357 e. The zero-order valence-electron chi connectivity index (χ0n) is 14.6. The second-order valence-corrected chi connectivity index (χ2v) is 6.30. The van der Waals surface area contributed by atoms with Crippen molar-refractivity contribution in [1.82, 2.24) is 4.98 Å². The molecule has 0 saturated carbocycles. The Morgan fingerprint density at radius 1 is 0.692 bits per heavy atom. The highest BCUT2D eigenvalue weighted by Gasteiger charge is 2.23. The summed E-state index contributed by atoms with van der Waals surface area (Å²) in [6, 6.07) is 29.7. The molecular formula is C24H19NO. The van der Waals surface area contributed by atoms with Crippen molar-refractivity contribution in [2.45, 2.75) is 6.92 Å². The molecule has 2 nitrogen and oxygen atoms in total. The fourth-order valence-corrected chi connectivity index (χ4v) is 3.36. The monoisotopic (exact) mass is 337 g/mol. The van der Waals surface area contributed by atoms with Crippen molar-refractivity contribution in [3.05, 3.63) is 108 Å². The van der Waals surface area contributed by atoms with Gasteiger partial charge in [-0.25, -0.2) is 0 Å². The molecule has 0 spiro atoms. The fraction of sp³-hybridized carbons (Fsp3) is 0.0417. The quantitative estimate of drug-likeness (QED) is 0.463. The van der Waals surface area contributed by atoms with Gasteiger partial charge in [-0.15, -0.1) is 0 Å². The summed E-state index contributed by atoms with van der Waals surface area (Å²) in [6.45, 7) is 1.97. The van der Waals surface area contributed by atoms with Crippen LogP contribution < -0.4 is 0 Å². The van der Waals surface area contributed by atoms with Gasteiger partial charge in [0.1, 0.15) is 0 Å². The summed E-state index contributed by atoms with van der Waals surface area (Å²) in [7, 11) is 0. The van der Waals surface area contributed by atoms with Crippen LogP contribution in [-0.4, -0.2) is 10.8 Å². The molecule has 0 aliphatic carbocycles. The molecule has 0 fully saturated rings. The third-order valence-corrected chi connectivity index (χ3v) is 4.58. The molecule has 4 aromatic rings. The van der Waals surface area contributed by atoms with Gasteiger partial charge in [0.05, 0.1) is 11.3 Å². The molecule has 126 valence electrons. The summed E-state index contributed by atoms with van der Waals surface area (Å²) < 4.78 is 0. The number of carbonyl (C=O) groups excluding carboxylic acids is 1. The number of hydrogen-bond acceptors (Lipinski definition) is 1. The Morgan fingerprint density at radius 3 is 1.77 bits per heavy atom. The minimum Gasteiger partial charge on any atom is -0.357 e. The maximum absolute atomic E-state index is 13.3. The number of aryl methyl sites for hydroxylation is 1. The number of benzene rings is 3. The minimum absolute atomic E-state index is 0.0420. The van der Waals surface area contributed by atoms with E-state index < -0.39 is 0 Å². The van der Waals surface area contributed by atoms with Gasteiger partial charge in [-0.3, -0.25) is 4.79 Å². The van der Waals surface area contributed by atoms with E-state index in [1.165, 1.54) is 0 Å². The first-order valence-electron chi connectivity index (χ1n) is 8.69. The Balaban J connectivity index is 1.97. The van der Waals surface area contributed by atoms with E-state index in [1.807, 2.05) is 73.7 Å². The first-order chi connectivity index (χ1) is 12.8. The van der Waals surface area contributed by atoms with Crippen molar-refractivity contribution >= 4 is 5.78 Å². The third kappa shape index (κ3) is 2.86. The van der Waals surface area contributed by atoms with Gasteiger partial charge in [0, 0.05) is 16.8 Å². The van der Waals surface area contributed by atoms with Crippen LogP contribution in [0.3, 0.4) is 0 Å². The van der Waals surface area contributed by atoms with Crippen LogP contribution in [0.15, 0.2) is 91.0 Å². The molecular weight excluding hydrogens is 318 g/mol. The molecule has 4 rings (SSSR count). The van der Waals surface area contributed by atoms with Crippen molar-refractivity contribution in [2.75, 3.05) is 0 Å². The predicted octanol–water partition coefficient (Wildman–Crippen LogP) is 5.89. The SMILES string of the molecule is Cc1[nH]c(-c2ccccc2)c(-c2ccccc2)c1C(=O)c1ccccc1. The molecule has 1 heterocycles. The van der Waals surface area contributed by atoms with E-state index in [0.717, 1.165) is 33.6 Å². The highest BCUT2D eigenvalue weighted by atomic mass is 16.1. The van der Waals surface area contributed by atoms with Crippen LogP contribution in [0.1, 0.15) is 21.6 Å². The minimum atomic E-state index is 0.0420. The lowest BCUT2D eigenvalue weighted by atomic mass is 9.92. The highest BCUT2D eigenvalue weighted by Crippen LogP contribution is 2.37. The van der Waals surface area contributed by atoms with Crippen molar-refractivity contribution < 1.29 is 4.79 Å². The zero-order valence-corrected chi connectivity index (χ0v) is 14.6. The van der Waals surface area contributed by atoms with Gasteiger partial charge in [0.2, 0.25) is 0 Å². The number of rotatable bonds is 4. The fourth-order valence-electron chi connectivity index (χ4n) is 3.36. The number of H-pyrrole nitrogens is 1. The van der Waals surface area contributed by atoms with E-state index in [2.05, 4.69) is 29.2 Å². The normalized spacial score (nSPS) is 10.7. The smallest absolute Gasteiger partial charge is 0.195 e. The Labute approximate surface area is 153 Å². The van der Waals surface area contributed by atoms with Crippen LogP contribution in [0.2, 0.25) is 0 Å². The molecule has 1 aromatic heterocycles. The van der Waals surface area contributed by atoms with E-state index in [0.29, 0.717) is 5.56 Å². The Morgan fingerprint density at radius 2 is 1.19 bits per heavy atom. The molecule has 0 unspecified atom stereocenters. The lowest BCUT2D eigenvalue weighted by Gasteiger charge is -2.08. The van der Waals surface area contributed by atoms with Crippen LogP contribution >= 0.6 is 0 Å². The van der Waals surface area contributed by atoms with Gasteiger partial charge in [0.15, 0.2) is 5.78 Å². The van der Waals surface area contributed by atoms with Gasteiger partial charge in [-0.05, 0) is 18.1 Å². The summed E-state index contributed by atoms with van der Waals surface area (Å²) >= 11 is 0. The van der Waals surface area contributed by atoms with E-state index >= 15 is 0 Å². The standard InChI is InChI=1S/C24H19NO/c1-17-21(24(26)20-15-9-4-10-16-20)22(18-11-5-2-6-12-18)23(25-17)19-13-7-3-8-14-19/h2-16,25H,1H3. The second kappa shape index (κ2) is 6.85. The average molecular weight is 337 g/mol. The number of carbonyl (C=O) groups is 1. The van der Waals surface area contributed by atoms with Crippen molar-refractivity contribution in [3.8, 4) is 22.4 Å². The third-order valence-electron chi connectivity index (χ3n) is 4.58. The van der Waals surface area contributed by atoms with E-state index in [4.69, 9.17) is 0 Å². The maximum atomic E-state index is 13.3. The molecule has 0 bridgehead atoms. The molecule has 2 heteroatoms. The van der Waals surface area contributed by atoms with Crippen molar-refractivity contribution in [1.29, 1.82) is 0 Å². The lowest BCUT2D eigenvalue weighted by Crippen LogP contribution is -2.03. The molecule has 3 aromatic carbocycles. The van der Waals surface area contributed by atoms with Crippen molar-refractivity contribution in [2.24, 2.45) is 0 Å². The van der Waals surface area contributed by atoms with E-state index in [1.54, 1.807) is 0 Å². The summed E-state index contributed by atoms with van der Waals surface area (Å²) in [5.41, 5.74) is 6.37. The lowest BCUT2D eigenvalue weighted by molar-refractivity contribution is 0.103. The zero-order chi connectivity index (χ0) is 17.9. The topological polar surface area (TPSA) is 32.9 Å². The summed E-state index contributed by atoms with van der Waals surface area (Å²) in [5.74, 6) is 0.0420. The molecule has 0 saturated heterocycles. The van der Waals surface area contributed by atoms with Crippen molar-refractivity contribution in [3.63, 3.8) is 0 Å². The van der Waals surface area contributed by atoms with Crippen LogP contribution in [0.5, 0.6) is 0 Å². The Kier molecular flexibility index (Phi) is 4.24. The van der Waals surface area contributed by atoms with Crippen LogP contribution in [0, 0.1) is 6.92 Å². The van der Waals surface area contributed by atoms with Gasteiger partial charge < -0.3 is 4.98 Å². The molecule has 0 atom stereocenters. The van der Waals surface area contributed by atoms with Gasteiger partial charge in [-0.1, -0.05) is 91.0 Å². The summed E-state index contributed by atoms with van der Waals surface area (Å²) in [5, 5.41) is 0. The van der Waals surface area contributed by atoms with Crippen LogP contribution in [-0.2, 0) is 0 Å². The Bertz CT molecular complexity index is 1030.